The van der Waals surface area contributed by atoms with Gasteiger partial charge in [-0.05, 0) is 28.8 Å². The third kappa shape index (κ3) is 2.70. The van der Waals surface area contributed by atoms with Gasteiger partial charge < -0.3 is 0 Å². The first-order valence-electron chi connectivity index (χ1n) is 6.73. The summed E-state index contributed by atoms with van der Waals surface area (Å²) in [6.07, 6.45) is 3.74. The van der Waals surface area contributed by atoms with Crippen LogP contribution in [0, 0.1) is 0 Å². The highest BCUT2D eigenvalue weighted by Crippen LogP contribution is 2.23. The van der Waals surface area contributed by atoms with E-state index in [1.54, 1.807) is 15.6 Å². The van der Waals surface area contributed by atoms with E-state index < -0.39 is 0 Å². The first-order valence-corrected chi connectivity index (χ1v) is 7.53. The minimum Gasteiger partial charge on any atom is -0.294 e. The summed E-state index contributed by atoms with van der Waals surface area (Å²) >= 11 is 3.55. The fourth-order valence-corrected chi connectivity index (χ4v) is 3.04. The van der Waals surface area contributed by atoms with Crippen LogP contribution in [0.4, 0.5) is 0 Å². The molecule has 0 radical (unpaired) electrons. The van der Waals surface area contributed by atoms with Crippen molar-refractivity contribution >= 4 is 21.7 Å². The molecule has 0 aliphatic rings. The Balaban J connectivity index is 2.30. The van der Waals surface area contributed by atoms with Crippen LogP contribution in [0.1, 0.15) is 41.3 Å². The summed E-state index contributed by atoms with van der Waals surface area (Å²) in [7, 11) is 3.71. The molecule has 0 spiro atoms. The van der Waals surface area contributed by atoms with Gasteiger partial charge in [0.05, 0.1) is 33.5 Å². The van der Waals surface area contributed by atoms with Gasteiger partial charge in [-0.25, -0.2) is 0 Å². The predicted octanol–water partition coefficient (Wildman–Crippen LogP) is 2.47. The molecule has 2 aromatic rings. The van der Waals surface area contributed by atoms with E-state index in [0.717, 1.165) is 34.4 Å². The summed E-state index contributed by atoms with van der Waals surface area (Å²) in [4.78, 5) is 12.5. The zero-order chi connectivity index (χ0) is 14.9. The third-order valence-corrected chi connectivity index (χ3v) is 4.29. The second-order valence-corrected chi connectivity index (χ2v) is 5.59. The number of Topliss-reactive ketones (excluding diaryl/α,β-unsaturated/α-hetero) is 1. The van der Waals surface area contributed by atoms with Crippen LogP contribution in [-0.2, 0) is 33.4 Å². The average Bonchev–Trinajstić information content (AvgIpc) is 2.93. The minimum absolute atomic E-state index is 0.0845. The second kappa shape index (κ2) is 5.91. The van der Waals surface area contributed by atoms with Crippen molar-refractivity contribution in [3.63, 3.8) is 0 Å². The lowest BCUT2D eigenvalue weighted by molar-refractivity contribution is 0.0989. The van der Waals surface area contributed by atoms with Crippen molar-refractivity contribution in [3.8, 4) is 0 Å². The third-order valence-electron chi connectivity index (χ3n) is 3.37. The lowest BCUT2D eigenvalue weighted by Crippen LogP contribution is -2.09. The number of ketones is 1. The molecular formula is C14H19BrN4O. The molecule has 0 amide bonds. The summed E-state index contributed by atoms with van der Waals surface area (Å²) in [5.41, 5.74) is 3.46. The van der Waals surface area contributed by atoms with E-state index in [1.807, 2.05) is 21.0 Å². The number of aryl methyl sites for hydroxylation is 4. The molecule has 2 heterocycles. The van der Waals surface area contributed by atoms with Gasteiger partial charge in [0.25, 0.3) is 0 Å². The Morgan fingerprint density at radius 2 is 1.85 bits per heavy atom. The molecule has 5 nitrogen and oxygen atoms in total. The highest BCUT2D eigenvalue weighted by Gasteiger charge is 2.20. The molecule has 0 unspecified atom stereocenters. The summed E-state index contributed by atoms with van der Waals surface area (Å²) < 4.78 is 4.42. The summed E-state index contributed by atoms with van der Waals surface area (Å²) in [5.74, 6) is 0.0845. The van der Waals surface area contributed by atoms with E-state index in [9.17, 15) is 4.79 Å². The van der Waals surface area contributed by atoms with Gasteiger partial charge in [-0.3, -0.25) is 14.2 Å². The number of hydrogen-bond donors (Lipinski definition) is 0. The van der Waals surface area contributed by atoms with Crippen LogP contribution < -0.4 is 0 Å². The van der Waals surface area contributed by atoms with E-state index in [1.165, 1.54) is 0 Å². The van der Waals surface area contributed by atoms with Gasteiger partial charge >= 0.3 is 0 Å². The Labute approximate surface area is 127 Å². The maximum Gasteiger partial charge on any atom is 0.172 e. The topological polar surface area (TPSA) is 52.7 Å². The smallest absolute Gasteiger partial charge is 0.172 e. The second-order valence-electron chi connectivity index (χ2n) is 4.80. The highest BCUT2D eigenvalue weighted by atomic mass is 79.9. The van der Waals surface area contributed by atoms with Crippen molar-refractivity contribution in [2.45, 2.75) is 33.1 Å². The van der Waals surface area contributed by atoms with Crippen molar-refractivity contribution in [2.75, 3.05) is 0 Å². The Hall–Kier alpha value is -1.43. The van der Waals surface area contributed by atoms with Gasteiger partial charge in [-0.2, -0.15) is 10.2 Å². The van der Waals surface area contributed by atoms with E-state index in [4.69, 9.17) is 0 Å². The molecule has 0 aliphatic heterocycles. The van der Waals surface area contributed by atoms with Gasteiger partial charge in [0.2, 0.25) is 0 Å². The maximum atomic E-state index is 12.5. The van der Waals surface area contributed by atoms with Crippen LogP contribution in [-0.4, -0.2) is 25.3 Å². The predicted molar refractivity (Wildman–Crippen MR) is 80.9 cm³/mol. The van der Waals surface area contributed by atoms with Crippen LogP contribution in [0.15, 0.2) is 10.7 Å². The monoisotopic (exact) mass is 338 g/mol. The van der Waals surface area contributed by atoms with Crippen LogP contribution in [0.2, 0.25) is 0 Å². The highest BCUT2D eigenvalue weighted by molar-refractivity contribution is 9.10. The molecule has 2 rings (SSSR count). The number of halogens is 1. The molecule has 0 atom stereocenters. The minimum atomic E-state index is 0.0845. The number of aromatic nitrogens is 4. The fourth-order valence-electron chi connectivity index (χ4n) is 2.29. The van der Waals surface area contributed by atoms with Crippen LogP contribution >= 0.6 is 15.9 Å². The van der Waals surface area contributed by atoms with Gasteiger partial charge in [0.15, 0.2) is 5.78 Å². The Morgan fingerprint density at radius 1 is 1.20 bits per heavy atom. The zero-order valence-corrected chi connectivity index (χ0v) is 13.9. The van der Waals surface area contributed by atoms with Crippen LogP contribution in [0.25, 0.3) is 0 Å². The van der Waals surface area contributed by atoms with Crippen molar-refractivity contribution in [1.82, 2.24) is 19.6 Å². The summed E-state index contributed by atoms with van der Waals surface area (Å²) in [6, 6.07) is 0. The van der Waals surface area contributed by atoms with Crippen molar-refractivity contribution < 1.29 is 4.79 Å². The molecule has 0 N–H and O–H groups in total. The molecule has 20 heavy (non-hydrogen) atoms. The Bertz CT molecular complexity index is 642. The molecule has 0 bridgehead atoms. The number of hydrogen-bond acceptors (Lipinski definition) is 3. The Morgan fingerprint density at radius 3 is 2.40 bits per heavy atom. The molecule has 0 aliphatic carbocycles. The molecule has 6 heteroatoms. The lowest BCUT2D eigenvalue weighted by atomic mass is 10.1. The molecule has 108 valence electrons. The number of carbonyl (C=O) groups excluding carboxylic acids is 1. The normalized spacial score (nSPS) is 11.1. The van der Waals surface area contributed by atoms with E-state index in [-0.39, 0.29) is 5.78 Å². The van der Waals surface area contributed by atoms with Gasteiger partial charge in [0.1, 0.15) is 0 Å². The van der Waals surface area contributed by atoms with Gasteiger partial charge in [-0.15, -0.1) is 0 Å². The van der Waals surface area contributed by atoms with Crippen molar-refractivity contribution in [3.05, 3.63) is 33.3 Å². The summed E-state index contributed by atoms with van der Waals surface area (Å²) in [6.45, 7) is 4.06. The van der Waals surface area contributed by atoms with Crippen LogP contribution in [0.5, 0.6) is 0 Å². The maximum absolute atomic E-state index is 12.5. The van der Waals surface area contributed by atoms with Gasteiger partial charge in [-0.1, -0.05) is 13.8 Å². The number of nitrogens with zero attached hydrogens (tertiary/aromatic N) is 4. The lowest BCUT2D eigenvalue weighted by Gasteiger charge is -2.02. The number of rotatable bonds is 5. The van der Waals surface area contributed by atoms with E-state index >= 15 is 0 Å². The zero-order valence-electron chi connectivity index (χ0n) is 12.3. The van der Waals surface area contributed by atoms with Crippen molar-refractivity contribution in [1.29, 1.82) is 0 Å². The molecular weight excluding hydrogens is 320 g/mol. The Kier molecular flexibility index (Phi) is 4.42. The first-order chi connectivity index (χ1) is 9.47. The molecule has 0 aromatic carbocycles. The summed E-state index contributed by atoms with van der Waals surface area (Å²) in [5, 5.41) is 8.74. The quantitative estimate of drug-likeness (QED) is 0.787. The standard InChI is InChI=1S/C14H19BrN4O/c1-5-10-9(8-18(3)16-10)13(20)7-12-14(15)11(6-2)17-19(12)4/h8H,5-7H2,1-4H3. The molecule has 0 saturated heterocycles. The van der Waals surface area contributed by atoms with Crippen LogP contribution in [0.3, 0.4) is 0 Å². The average molecular weight is 339 g/mol. The largest absolute Gasteiger partial charge is 0.294 e. The molecule has 0 fully saturated rings. The SMILES string of the molecule is CCc1nn(C)cc1C(=O)Cc1c(Br)c(CC)nn1C. The number of carbonyl (C=O) groups is 1. The van der Waals surface area contributed by atoms with Gasteiger partial charge in [0, 0.05) is 20.3 Å². The molecule has 0 saturated carbocycles. The van der Waals surface area contributed by atoms with E-state index in [0.29, 0.717) is 12.0 Å². The van der Waals surface area contributed by atoms with Crippen molar-refractivity contribution in [2.24, 2.45) is 14.1 Å². The van der Waals surface area contributed by atoms with E-state index in [2.05, 4.69) is 33.1 Å². The first kappa shape index (κ1) is 15.0. The fraction of sp³-hybridized carbons (Fsp3) is 0.500. The molecule has 2 aromatic heterocycles.